The van der Waals surface area contributed by atoms with E-state index in [0.29, 0.717) is 6.04 Å². The van der Waals surface area contributed by atoms with Gasteiger partial charge in [0.1, 0.15) is 0 Å². The van der Waals surface area contributed by atoms with Gasteiger partial charge in [-0.05, 0) is 12.8 Å². The number of nitrogens with zero attached hydrogens (tertiary/aromatic N) is 2. The fraction of sp³-hybridized carbons (Fsp3) is 1.00. The van der Waals surface area contributed by atoms with E-state index in [2.05, 4.69) is 9.80 Å². The number of rotatable bonds is 3. The van der Waals surface area contributed by atoms with E-state index in [1.807, 2.05) is 0 Å². The molecule has 1 heterocycles. The van der Waals surface area contributed by atoms with Crippen molar-refractivity contribution >= 4 is 0 Å². The van der Waals surface area contributed by atoms with Crippen molar-refractivity contribution in [3.05, 3.63) is 0 Å². The molecule has 0 aromatic carbocycles. The summed E-state index contributed by atoms with van der Waals surface area (Å²) in [5, 5.41) is 18.9. The van der Waals surface area contributed by atoms with Gasteiger partial charge in [-0.25, -0.2) is 0 Å². The van der Waals surface area contributed by atoms with Crippen LogP contribution in [0.3, 0.4) is 0 Å². The summed E-state index contributed by atoms with van der Waals surface area (Å²) in [5.74, 6) is 0. The maximum Gasteiger partial charge on any atom is 0.0695 e. The van der Waals surface area contributed by atoms with Crippen molar-refractivity contribution in [2.45, 2.75) is 37.8 Å². The summed E-state index contributed by atoms with van der Waals surface area (Å²) in [5.41, 5.74) is 0. The maximum atomic E-state index is 10.00. The third-order valence-corrected chi connectivity index (χ3v) is 3.99. The lowest BCUT2D eigenvalue weighted by molar-refractivity contribution is -0.00543. The molecule has 4 heteroatoms. The molecule has 2 fully saturated rings. The average Bonchev–Trinajstić information content (AvgIpc) is 2.31. The van der Waals surface area contributed by atoms with Crippen LogP contribution in [-0.4, -0.2) is 71.5 Å². The highest BCUT2D eigenvalue weighted by atomic mass is 16.3. The van der Waals surface area contributed by atoms with Gasteiger partial charge in [0.15, 0.2) is 0 Å². The highest BCUT2D eigenvalue weighted by molar-refractivity contribution is 4.86. The van der Waals surface area contributed by atoms with Gasteiger partial charge in [0.2, 0.25) is 0 Å². The number of β-amino-alcohol motifs (C(OH)–C–C–N with tert-alkyl or cyclic N) is 1. The molecule has 0 unspecified atom stereocenters. The molecule has 2 aliphatic rings. The van der Waals surface area contributed by atoms with Gasteiger partial charge in [-0.15, -0.1) is 0 Å². The molecule has 0 spiro atoms. The van der Waals surface area contributed by atoms with E-state index in [0.717, 1.165) is 45.6 Å². The molecule has 0 aromatic rings. The van der Waals surface area contributed by atoms with E-state index < -0.39 is 0 Å². The number of hydrogen-bond donors (Lipinski definition) is 2. The van der Waals surface area contributed by atoms with E-state index in [1.54, 1.807) is 0 Å². The Balaban J connectivity index is 1.79. The Hall–Kier alpha value is -0.160. The Bertz CT molecular complexity index is 205. The zero-order valence-electron chi connectivity index (χ0n) is 10.0. The van der Waals surface area contributed by atoms with Crippen molar-refractivity contribution in [2.75, 3.05) is 39.3 Å². The molecule has 16 heavy (non-hydrogen) atoms. The molecule has 1 aliphatic heterocycles. The smallest absolute Gasteiger partial charge is 0.0695 e. The predicted octanol–water partition coefficient (Wildman–Crippen LogP) is -0.100. The minimum absolute atomic E-state index is 0.113. The van der Waals surface area contributed by atoms with Crippen LogP contribution in [0.2, 0.25) is 0 Å². The van der Waals surface area contributed by atoms with Gasteiger partial charge in [0, 0.05) is 38.8 Å². The lowest BCUT2D eigenvalue weighted by Gasteiger charge is -2.42. The SMILES string of the molecule is OCCN1CCN([C@H]2CCCC[C@@H]2O)CC1. The van der Waals surface area contributed by atoms with Crippen LogP contribution in [0.4, 0.5) is 0 Å². The first-order valence-corrected chi connectivity index (χ1v) is 6.56. The fourth-order valence-electron chi connectivity index (χ4n) is 2.98. The molecule has 1 aliphatic carbocycles. The third kappa shape index (κ3) is 2.94. The van der Waals surface area contributed by atoms with Crippen molar-refractivity contribution < 1.29 is 10.2 Å². The molecule has 2 N–H and O–H groups in total. The molecular weight excluding hydrogens is 204 g/mol. The largest absolute Gasteiger partial charge is 0.395 e. The van der Waals surface area contributed by atoms with Crippen LogP contribution in [0, 0.1) is 0 Å². The summed E-state index contributed by atoms with van der Waals surface area (Å²) in [4.78, 5) is 4.74. The van der Waals surface area contributed by atoms with Crippen LogP contribution in [0.25, 0.3) is 0 Å². The lowest BCUT2D eigenvalue weighted by Crippen LogP contribution is -2.54. The molecule has 1 saturated heterocycles. The van der Waals surface area contributed by atoms with Crippen molar-refractivity contribution in [1.29, 1.82) is 0 Å². The second-order valence-electron chi connectivity index (χ2n) is 5.02. The predicted molar refractivity (Wildman–Crippen MR) is 63.4 cm³/mol. The zero-order chi connectivity index (χ0) is 11.4. The highest BCUT2D eigenvalue weighted by Crippen LogP contribution is 2.24. The summed E-state index contributed by atoms with van der Waals surface area (Å²) >= 11 is 0. The summed E-state index contributed by atoms with van der Waals surface area (Å²) in [6, 6.07) is 0.394. The Labute approximate surface area is 97.9 Å². The van der Waals surface area contributed by atoms with Crippen LogP contribution >= 0.6 is 0 Å². The summed E-state index contributed by atoms with van der Waals surface area (Å²) < 4.78 is 0. The van der Waals surface area contributed by atoms with Gasteiger partial charge in [-0.2, -0.15) is 0 Å². The van der Waals surface area contributed by atoms with Gasteiger partial charge in [0.25, 0.3) is 0 Å². The molecule has 2 atom stereocenters. The molecule has 4 nitrogen and oxygen atoms in total. The molecule has 0 amide bonds. The van der Waals surface area contributed by atoms with E-state index in [9.17, 15) is 5.11 Å². The molecule has 0 radical (unpaired) electrons. The molecule has 2 rings (SSSR count). The first-order chi connectivity index (χ1) is 7.81. The topological polar surface area (TPSA) is 46.9 Å². The molecule has 94 valence electrons. The number of aliphatic hydroxyl groups excluding tert-OH is 2. The van der Waals surface area contributed by atoms with Gasteiger partial charge < -0.3 is 10.2 Å². The minimum atomic E-state index is -0.113. The zero-order valence-corrected chi connectivity index (χ0v) is 10.0. The molecule has 1 saturated carbocycles. The Kier molecular flexibility index (Phi) is 4.58. The van der Waals surface area contributed by atoms with Crippen LogP contribution in [0.1, 0.15) is 25.7 Å². The molecular formula is C12H24N2O2. The number of piperazine rings is 1. The van der Waals surface area contributed by atoms with Gasteiger partial charge >= 0.3 is 0 Å². The van der Waals surface area contributed by atoms with Crippen LogP contribution in [0.5, 0.6) is 0 Å². The second-order valence-corrected chi connectivity index (χ2v) is 5.02. The van der Waals surface area contributed by atoms with Crippen molar-refractivity contribution in [1.82, 2.24) is 9.80 Å². The van der Waals surface area contributed by atoms with Crippen molar-refractivity contribution in [2.24, 2.45) is 0 Å². The number of aliphatic hydroxyl groups is 2. The standard InChI is InChI=1S/C12H24N2O2/c15-10-9-13-5-7-14(8-6-13)11-3-1-2-4-12(11)16/h11-12,15-16H,1-10H2/t11-,12-/m0/s1. The fourth-order valence-corrected chi connectivity index (χ4v) is 2.98. The highest BCUT2D eigenvalue weighted by Gasteiger charge is 2.30. The Morgan fingerprint density at radius 3 is 2.31 bits per heavy atom. The third-order valence-electron chi connectivity index (χ3n) is 3.99. The number of hydrogen-bond acceptors (Lipinski definition) is 4. The molecule has 0 bridgehead atoms. The van der Waals surface area contributed by atoms with Crippen LogP contribution in [0.15, 0.2) is 0 Å². The van der Waals surface area contributed by atoms with E-state index in [-0.39, 0.29) is 12.7 Å². The van der Waals surface area contributed by atoms with Crippen LogP contribution in [-0.2, 0) is 0 Å². The van der Waals surface area contributed by atoms with Crippen molar-refractivity contribution in [3.8, 4) is 0 Å². The van der Waals surface area contributed by atoms with Gasteiger partial charge in [-0.1, -0.05) is 12.8 Å². The summed E-state index contributed by atoms with van der Waals surface area (Å²) in [6.45, 7) is 5.20. The first kappa shape index (κ1) is 12.3. The van der Waals surface area contributed by atoms with Crippen molar-refractivity contribution in [3.63, 3.8) is 0 Å². The maximum absolute atomic E-state index is 10.00. The first-order valence-electron chi connectivity index (χ1n) is 6.56. The second kappa shape index (κ2) is 5.96. The lowest BCUT2D eigenvalue weighted by atomic mass is 9.91. The van der Waals surface area contributed by atoms with E-state index >= 15 is 0 Å². The van der Waals surface area contributed by atoms with E-state index in [1.165, 1.54) is 12.8 Å². The normalized spacial score (nSPS) is 34.1. The summed E-state index contributed by atoms with van der Waals surface area (Å²) in [7, 11) is 0. The van der Waals surface area contributed by atoms with Crippen LogP contribution < -0.4 is 0 Å². The summed E-state index contributed by atoms with van der Waals surface area (Å²) in [6.07, 6.45) is 4.46. The Morgan fingerprint density at radius 1 is 1.00 bits per heavy atom. The minimum Gasteiger partial charge on any atom is -0.395 e. The Morgan fingerprint density at radius 2 is 1.69 bits per heavy atom. The molecule has 0 aromatic heterocycles. The van der Waals surface area contributed by atoms with Gasteiger partial charge in [0.05, 0.1) is 12.7 Å². The monoisotopic (exact) mass is 228 g/mol. The van der Waals surface area contributed by atoms with E-state index in [4.69, 9.17) is 5.11 Å². The average molecular weight is 228 g/mol. The quantitative estimate of drug-likeness (QED) is 0.708. The van der Waals surface area contributed by atoms with Gasteiger partial charge in [-0.3, -0.25) is 9.80 Å².